The Balaban J connectivity index is 1.58. The van der Waals surface area contributed by atoms with Crippen LogP contribution in [-0.4, -0.2) is 6.66 Å². The second kappa shape index (κ2) is 9.82. The predicted molar refractivity (Wildman–Crippen MR) is 188 cm³/mol. The van der Waals surface area contributed by atoms with Gasteiger partial charge < -0.3 is 9.05 Å². The largest absolute Gasteiger partial charge is 0.427 e. The molecule has 1 heterocycles. The van der Waals surface area contributed by atoms with Crippen LogP contribution in [0.15, 0.2) is 146 Å². The molecule has 0 N–H and O–H groups in total. The maximum Gasteiger partial charge on any atom is 0.427 e. The molecule has 1 aliphatic heterocycles. The number of hydrogen-bond donors (Lipinski definition) is 0. The molecule has 8 aromatic rings. The van der Waals surface area contributed by atoms with Gasteiger partial charge in [0.05, 0.1) is 6.66 Å². The zero-order valence-corrected chi connectivity index (χ0v) is 25.4. The van der Waals surface area contributed by atoms with Crippen LogP contribution in [0.5, 0.6) is 11.5 Å². The van der Waals surface area contributed by atoms with Gasteiger partial charge in [-0.2, -0.15) is 0 Å². The summed E-state index contributed by atoms with van der Waals surface area (Å²) in [5.74, 6) is 1.18. The smallest absolute Gasteiger partial charge is 0.415 e. The second-order valence-electron chi connectivity index (χ2n) is 11.7. The van der Waals surface area contributed by atoms with Gasteiger partial charge in [0.25, 0.3) is 0 Å². The van der Waals surface area contributed by atoms with Gasteiger partial charge in [0, 0.05) is 21.9 Å². The van der Waals surface area contributed by atoms with E-state index in [-0.39, 0.29) is 0 Å². The molecular formula is C41H27O3P. The van der Waals surface area contributed by atoms with Crippen molar-refractivity contribution in [3.8, 4) is 44.9 Å². The Labute approximate surface area is 260 Å². The lowest BCUT2D eigenvalue weighted by Gasteiger charge is -2.21. The van der Waals surface area contributed by atoms with E-state index in [4.69, 9.17) is 9.05 Å². The molecule has 0 aromatic heterocycles. The highest BCUT2D eigenvalue weighted by Crippen LogP contribution is 2.62. The highest BCUT2D eigenvalue weighted by atomic mass is 31.2. The summed E-state index contributed by atoms with van der Waals surface area (Å²) in [5, 5.41) is 8.16. The van der Waals surface area contributed by atoms with Gasteiger partial charge in [-0.05, 0) is 66.7 Å². The molecule has 1 aliphatic rings. The molecule has 4 heteroatoms. The monoisotopic (exact) mass is 598 g/mol. The van der Waals surface area contributed by atoms with Gasteiger partial charge in [0.2, 0.25) is 0 Å². The summed E-state index contributed by atoms with van der Waals surface area (Å²) >= 11 is 0. The van der Waals surface area contributed by atoms with Crippen molar-refractivity contribution in [3.63, 3.8) is 0 Å². The molecule has 0 amide bonds. The molecule has 3 nitrogen and oxygen atoms in total. The normalized spacial score (nSPS) is 13.6. The highest BCUT2D eigenvalue weighted by Gasteiger charge is 2.36. The minimum absolute atomic E-state index is 0.588. The molecule has 8 aromatic carbocycles. The maximum atomic E-state index is 14.6. The summed E-state index contributed by atoms with van der Waals surface area (Å²) in [6.45, 7) is 1.59. The first-order valence-electron chi connectivity index (χ1n) is 15.1. The molecule has 0 fully saturated rings. The number of benzene rings is 8. The molecule has 0 aliphatic carbocycles. The fraction of sp³-hybridized carbons (Fsp3) is 0.0244. The summed E-state index contributed by atoms with van der Waals surface area (Å²) in [6, 6.07) is 50.4. The molecule has 0 unspecified atom stereocenters. The summed E-state index contributed by atoms with van der Waals surface area (Å²) in [7, 11) is -3.68. The van der Waals surface area contributed by atoms with Gasteiger partial charge in [-0.1, -0.05) is 133 Å². The Morgan fingerprint density at radius 3 is 1.27 bits per heavy atom. The average Bonchev–Trinajstić information content (AvgIpc) is 3.21. The standard InChI is InChI=1S/C41H27O3P/c1-45(42)43-40-36-30(22-20-28-16-8-10-18-32(28)36)24-34(26-12-4-2-5-13-26)38(40)39-35(27-14-6-3-7-15-27)25-31-23-21-29-17-9-11-19-33(29)37(31)41(39)44-45/h2-25H,1H3. The van der Waals surface area contributed by atoms with E-state index in [1.807, 2.05) is 36.4 Å². The Bertz CT molecular complexity index is 2350. The lowest BCUT2D eigenvalue weighted by atomic mass is 9.83. The van der Waals surface area contributed by atoms with Crippen LogP contribution in [-0.2, 0) is 4.57 Å². The van der Waals surface area contributed by atoms with Crippen LogP contribution in [0.1, 0.15) is 0 Å². The summed E-state index contributed by atoms with van der Waals surface area (Å²) < 4.78 is 28.0. The molecule has 9 rings (SSSR count). The van der Waals surface area contributed by atoms with E-state index in [0.717, 1.165) is 76.5 Å². The minimum atomic E-state index is -3.68. The van der Waals surface area contributed by atoms with Gasteiger partial charge in [-0.25, -0.2) is 4.57 Å². The van der Waals surface area contributed by atoms with Crippen molar-refractivity contribution in [2.75, 3.05) is 6.66 Å². The zero-order valence-electron chi connectivity index (χ0n) is 24.5. The molecule has 0 bridgehead atoms. The third-order valence-electron chi connectivity index (χ3n) is 8.90. The van der Waals surface area contributed by atoms with Crippen LogP contribution in [0, 0.1) is 0 Å². The van der Waals surface area contributed by atoms with Crippen molar-refractivity contribution < 1.29 is 13.6 Å². The van der Waals surface area contributed by atoms with Crippen molar-refractivity contribution in [2.24, 2.45) is 0 Å². The Hall–Kier alpha value is -5.37. The predicted octanol–water partition coefficient (Wildman–Crippen LogP) is 11.9. The molecule has 0 atom stereocenters. The van der Waals surface area contributed by atoms with Crippen molar-refractivity contribution in [2.45, 2.75) is 0 Å². The fourth-order valence-corrected chi connectivity index (χ4v) is 8.06. The van der Waals surface area contributed by atoms with Crippen molar-refractivity contribution in [1.29, 1.82) is 0 Å². The summed E-state index contributed by atoms with van der Waals surface area (Å²) in [6.07, 6.45) is 0. The van der Waals surface area contributed by atoms with E-state index in [9.17, 15) is 4.57 Å². The lowest BCUT2D eigenvalue weighted by molar-refractivity contribution is 0.402. The molecule has 0 spiro atoms. The Morgan fingerprint density at radius 1 is 0.444 bits per heavy atom. The third-order valence-corrected chi connectivity index (χ3v) is 9.93. The molecule has 0 saturated carbocycles. The van der Waals surface area contributed by atoms with E-state index < -0.39 is 7.60 Å². The Morgan fingerprint density at radius 2 is 0.822 bits per heavy atom. The minimum Gasteiger partial charge on any atom is -0.415 e. The van der Waals surface area contributed by atoms with Crippen LogP contribution >= 0.6 is 7.60 Å². The van der Waals surface area contributed by atoms with E-state index in [0.29, 0.717) is 11.5 Å². The highest BCUT2D eigenvalue weighted by molar-refractivity contribution is 7.53. The fourth-order valence-electron chi connectivity index (χ4n) is 6.99. The first-order valence-corrected chi connectivity index (χ1v) is 17.1. The van der Waals surface area contributed by atoms with Crippen molar-refractivity contribution in [1.82, 2.24) is 0 Å². The molecule has 0 radical (unpaired) electrons. The van der Waals surface area contributed by atoms with Gasteiger partial charge in [-0.15, -0.1) is 0 Å². The molecular weight excluding hydrogens is 571 g/mol. The van der Waals surface area contributed by atoms with Crippen LogP contribution < -0.4 is 9.05 Å². The van der Waals surface area contributed by atoms with Crippen molar-refractivity contribution >= 4 is 50.7 Å². The lowest BCUT2D eigenvalue weighted by Crippen LogP contribution is -1.98. The third kappa shape index (κ3) is 4.09. The first kappa shape index (κ1) is 26.1. The second-order valence-corrected chi connectivity index (χ2v) is 13.6. The first-order chi connectivity index (χ1) is 22.1. The maximum absolute atomic E-state index is 14.6. The molecule has 214 valence electrons. The van der Waals surface area contributed by atoms with Crippen LogP contribution in [0.4, 0.5) is 0 Å². The van der Waals surface area contributed by atoms with Gasteiger partial charge >= 0.3 is 7.60 Å². The Kier molecular flexibility index (Phi) is 5.69. The number of rotatable bonds is 2. The van der Waals surface area contributed by atoms with Gasteiger partial charge in [0.1, 0.15) is 11.5 Å². The average molecular weight is 599 g/mol. The van der Waals surface area contributed by atoms with Crippen molar-refractivity contribution in [3.05, 3.63) is 146 Å². The quantitative estimate of drug-likeness (QED) is 0.147. The number of hydrogen-bond acceptors (Lipinski definition) is 3. The summed E-state index contributed by atoms with van der Waals surface area (Å²) in [5.41, 5.74) is 5.85. The van der Waals surface area contributed by atoms with E-state index in [2.05, 4.69) is 109 Å². The van der Waals surface area contributed by atoms with E-state index >= 15 is 0 Å². The number of fused-ring (bicyclic) bond motifs is 11. The zero-order chi connectivity index (χ0) is 30.1. The molecule has 45 heavy (non-hydrogen) atoms. The van der Waals surface area contributed by atoms with Crippen LogP contribution in [0.25, 0.3) is 76.5 Å². The van der Waals surface area contributed by atoms with E-state index in [1.165, 1.54) is 0 Å². The SMILES string of the molecule is CP1(=O)Oc2c(c(-c3ccccc3)cc3ccc4ccccc4c23)-c2c(-c3ccccc3)cc3ccc4ccccc4c3c2O1. The van der Waals surface area contributed by atoms with Crippen LogP contribution in [0.3, 0.4) is 0 Å². The van der Waals surface area contributed by atoms with E-state index in [1.54, 1.807) is 6.66 Å². The van der Waals surface area contributed by atoms with Crippen LogP contribution in [0.2, 0.25) is 0 Å². The topological polar surface area (TPSA) is 35.5 Å². The molecule has 0 saturated heterocycles. The van der Waals surface area contributed by atoms with Gasteiger partial charge in [0.15, 0.2) is 0 Å². The van der Waals surface area contributed by atoms with Gasteiger partial charge in [-0.3, -0.25) is 0 Å². The summed E-state index contributed by atoms with van der Waals surface area (Å²) in [4.78, 5) is 0.